The molecule has 0 radical (unpaired) electrons. The van der Waals surface area contributed by atoms with Crippen LogP contribution in [0, 0.1) is 0 Å². The average molecular weight is 356 g/mol. The molecule has 0 aliphatic carbocycles. The summed E-state index contributed by atoms with van der Waals surface area (Å²) >= 11 is 0.978. The highest BCUT2D eigenvalue weighted by atomic mass is 32.1. The van der Waals surface area contributed by atoms with E-state index in [0.717, 1.165) is 36.1 Å². The molecule has 0 fully saturated rings. The minimum Gasteiger partial charge on any atom is -0.356 e. The van der Waals surface area contributed by atoms with E-state index in [-0.39, 0.29) is 6.54 Å². The number of guanidine groups is 1. The molecule has 0 atom stereocenters. The molecular weight excluding hydrogens is 337 g/mol. The fourth-order valence-corrected chi connectivity index (χ4v) is 2.79. The van der Waals surface area contributed by atoms with Crippen LogP contribution in [-0.4, -0.2) is 24.5 Å². The molecule has 1 aromatic carbocycles. The molecular formula is C16H19F3N4S. The molecule has 0 bridgehead atoms. The molecule has 4 nitrogen and oxygen atoms in total. The SMILES string of the molecule is CN=C(NCCCc1ccccc1)NCc1nc(C(F)(F)F)cs1. The Bertz CT molecular complexity index is 653. The molecule has 0 amide bonds. The Kier molecular flexibility index (Phi) is 6.60. The van der Waals surface area contributed by atoms with E-state index in [4.69, 9.17) is 0 Å². The predicted molar refractivity (Wildman–Crippen MR) is 90.1 cm³/mol. The van der Waals surface area contributed by atoms with Crippen molar-refractivity contribution in [3.05, 3.63) is 52.0 Å². The molecule has 0 aliphatic heterocycles. The monoisotopic (exact) mass is 356 g/mol. The van der Waals surface area contributed by atoms with E-state index in [9.17, 15) is 13.2 Å². The van der Waals surface area contributed by atoms with Crippen molar-refractivity contribution in [2.24, 2.45) is 4.99 Å². The van der Waals surface area contributed by atoms with Crippen molar-refractivity contribution >= 4 is 17.3 Å². The number of rotatable bonds is 6. The highest BCUT2D eigenvalue weighted by molar-refractivity contribution is 7.09. The molecule has 0 aliphatic rings. The topological polar surface area (TPSA) is 49.3 Å². The van der Waals surface area contributed by atoms with Crippen LogP contribution in [0.2, 0.25) is 0 Å². The van der Waals surface area contributed by atoms with Gasteiger partial charge in [0, 0.05) is 19.0 Å². The molecule has 0 spiro atoms. The second kappa shape index (κ2) is 8.68. The molecule has 2 N–H and O–H groups in total. The van der Waals surface area contributed by atoms with Crippen molar-refractivity contribution in [1.29, 1.82) is 0 Å². The number of aromatic nitrogens is 1. The zero-order valence-electron chi connectivity index (χ0n) is 13.2. The average Bonchev–Trinajstić information content (AvgIpc) is 3.04. The van der Waals surface area contributed by atoms with Crippen molar-refractivity contribution in [1.82, 2.24) is 15.6 Å². The van der Waals surface area contributed by atoms with Gasteiger partial charge < -0.3 is 10.6 Å². The van der Waals surface area contributed by atoms with Gasteiger partial charge >= 0.3 is 6.18 Å². The highest BCUT2D eigenvalue weighted by Gasteiger charge is 2.33. The van der Waals surface area contributed by atoms with Gasteiger partial charge in [0.15, 0.2) is 11.7 Å². The summed E-state index contributed by atoms with van der Waals surface area (Å²) in [4.78, 5) is 7.62. The first-order valence-corrected chi connectivity index (χ1v) is 8.37. The van der Waals surface area contributed by atoms with Gasteiger partial charge in [-0.15, -0.1) is 11.3 Å². The van der Waals surface area contributed by atoms with Crippen molar-refractivity contribution in [2.45, 2.75) is 25.6 Å². The van der Waals surface area contributed by atoms with Gasteiger partial charge in [-0.1, -0.05) is 30.3 Å². The van der Waals surface area contributed by atoms with E-state index in [2.05, 4.69) is 32.7 Å². The number of halogens is 3. The maximum atomic E-state index is 12.5. The number of nitrogens with one attached hydrogen (secondary N) is 2. The van der Waals surface area contributed by atoms with Crippen LogP contribution in [0.5, 0.6) is 0 Å². The number of thiazole rings is 1. The van der Waals surface area contributed by atoms with Gasteiger partial charge in [0.2, 0.25) is 0 Å². The zero-order chi connectivity index (χ0) is 17.4. The van der Waals surface area contributed by atoms with Crippen LogP contribution >= 0.6 is 11.3 Å². The lowest BCUT2D eigenvalue weighted by Crippen LogP contribution is -2.37. The Morgan fingerprint density at radius 1 is 1.21 bits per heavy atom. The first-order valence-electron chi connectivity index (χ1n) is 7.49. The van der Waals surface area contributed by atoms with E-state index in [0.29, 0.717) is 11.0 Å². The maximum Gasteiger partial charge on any atom is 0.434 e. The van der Waals surface area contributed by atoms with E-state index in [1.54, 1.807) is 7.05 Å². The van der Waals surface area contributed by atoms with E-state index in [1.807, 2.05) is 18.2 Å². The van der Waals surface area contributed by atoms with Crippen LogP contribution in [0.4, 0.5) is 13.2 Å². The van der Waals surface area contributed by atoms with Gasteiger partial charge in [-0.3, -0.25) is 4.99 Å². The van der Waals surface area contributed by atoms with Crippen LogP contribution in [0.25, 0.3) is 0 Å². The Balaban J connectivity index is 1.71. The quantitative estimate of drug-likeness (QED) is 0.473. The Morgan fingerprint density at radius 3 is 2.58 bits per heavy atom. The lowest BCUT2D eigenvalue weighted by Gasteiger charge is -2.10. The molecule has 24 heavy (non-hydrogen) atoms. The summed E-state index contributed by atoms with van der Waals surface area (Å²) in [5.41, 5.74) is 0.416. The maximum absolute atomic E-state index is 12.5. The molecule has 0 unspecified atom stereocenters. The number of hydrogen-bond acceptors (Lipinski definition) is 3. The minimum absolute atomic E-state index is 0.207. The van der Waals surface area contributed by atoms with Crippen molar-refractivity contribution in [3.63, 3.8) is 0 Å². The second-order valence-corrected chi connectivity index (χ2v) is 6.01. The summed E-state index contributed by atoms with van der Waals surface area (Å²) in [7, 11) is 1.62. The zero-order valence-corrected chi connectivity index (χ0v) is 14.0. The molecule has 0 saturated carbocycles. The van der Waals surface area contributed by atoms with Gasteiger partial charge in [-0.25, -0.2) is 4.98 Å². The number of nitrogens with zero attached hydrogens (tertiary/aromatic N) is 2. The van der Waals surface area contributed by atoms with Crippen molar-refractivity contribution in [2.75, 3.05) is 13.6 Å². The van der Waals surface area contributed by atoms with Crippen LogP contribution < -0.4 is 10.6 Å². The van der Waals surface area contributed by atoms with E-state index in [1.165, 1.54) is 5.56 Å². The number of aliphatic imine (C=N–C) groups is 1. The first-order chi connectivity index (χ1) is 11.5. The summed E-state index contributed by atoms with van der Waals surface area (Å²) in [6.07, 6.45) is -2.52. The summed E-state index contributed by atoms with van der Waals surface area (Å²) < 4.78 is 37.5. The summed E-state index contributed by atoms with van der Waals surface area (Å²) in [5.74, 6) is 0.548. The summed E-state index contributed by atoms with van der Waals surface area (Å²) in [5, 5.41) is 7.50. The van der Waals surface area contributed by atoms with Gasteiger partial charge in [-0.05, 0) is 18.4 Å². The van der Waals surface area contributed by atoms with Gasteiger partial charge in [0.05, 0.1) is 6.54 Å². The van der Waals surface area contributed by atoms with Gasteiger partial charge in [0.1, 0.15) is 5.01 Å². The molecule has 2 aromatic rings. The number of benzene rings is 1. The number of hydrogen-bond donors (Lipinski definition) is 2. The van der Waals surface area contributed by atoms with Gasteiger partial charge in [-0.2, -0.15) is 13.2 Å². The fourth-order valence-electron chi connectivity index (χ4n) is 2.05. The third-order valence-electron chi connectivity index (χ3n) is 3.25. The highest BCUT2D eigenvalue weighted by Crippen LogP contribution is 2.29. The van der Waals surface area contributed by atoms with Crippen molar-refractivity contribution < 1.29 is 13.2 Å². The van der Waals surface area contributed by atoms with E-state index >= 15 is 0 Å². The Morgan fingerprint density at radius 2 is 1.96 bits per heavy atom. The smallest absolute Gasteiger partial charge is 0.356 e. The Hall–Kier alpha value is -2.09. The van der Waals surface area contributed by atoms with Gasteiger partial charge in [0.25, 0.3) is 0 Å². The molecule has 0 saturated heterocycles. The predicted octanol–water partition coefficient (Wildman–Crippen LogP) is 3.46. The minimum atomic E-state index is -4.40. The summed E-state index contributed by atoms with van der Waals surface area (Å²) in [6.45, 7) is 0.930. The molecule has 2 rings (SSSR count). The third kappa shape index (κ3) is 5.84. The van der Waals surface area contributed by atoms with Crippen LogP contribution in [-0.2, 0) is 19.1 Å². The largest absolute Gasteiger partial charge is 0.434 e. The molecule has 1 aromatic heterocycles. The lowest BCUT2D eigenvalue weighted by atomic mass is 10.1. The fraction of sp³-hybridized carbons (Fsp3) is 0.375. The molecule has 130 valence electrons. The van der Waals surface area contributed by atoms with E-state index < -0.39 is 11.9 Å². The Labute approximate surface area is 142 Å². The normalized spacial score (nSPS) is 12.2. The standard InChI is InChI=1S/C16H19F3N4S/c1-20-15(21-9-5-8-12-6-3-2-4-7-12)22-10-14-23-13(11-24-14)16(17,18)19/h2-4,6-7,11H,5,8-10H2,1H3,(H2,20,21,22). The first kappa shape index (κ1) is 18.3. The lowest BCUT2D eigenvalue weighted by molar-refractivity contribution is -0.140. The van der Waals surface area contributed by atoms with Crippen LogP contribution in [0.1, 0.15) is 22.7 Å². The van der Waals surface area contributed by atoms with Crippen LogP contribution in [0.15, 0.2) is 40.7 Å². The van der Waals surface area contributed by atoms with Crippen molar-refractivity contribution in [3.8, 4) is 0 Å². The second-order valence-electron chi connectivity index (χ2n) is 5.07. The van der Waals surface area contributed by atoms with Crippen LogP contribution in [0.3, 0.4) is 0 Å². The third-order valence-corrected chi connectivity index (χ3v) is 4.10. The number of aryl methyl sites for hydroxylation is 1. The molecule has 1 heterocycles. The summed E-state index contributed by atoms with van der Waals surface area (Å²) in [6, 6.07) is 10.1. The number of alkyl halides is 3. The molecule has 8 heteroatoms.